The molecule has 3 fully saturated rings. The second-order valence-electron chi connectivity index (χ2n) is 22.1. The first-order chi connectivity index (χ1) is 25.7. The van der Waals surface area contributed by atoms with Crippen LogP contribution < -0.4 is 0 Å². The molecule has 56 heavy (non-hydrogen) atoms. The highest BCUT2D eigenvalue weighted by Gasteiger charge is 2.60. The van der Waals surface area contributed by atoms with Crippen LogP contribution in [0.2, 0.25) is 36.3 Å². The molecule has 0 aliphatic heterocycles. The lowest BCUT2D eigenvalue weighted by Gasteiger charge is -2.57. The molecule has 4 aliphatic rings. The molecule has 0 heterocycles. The van der Waals surface area contributed by atoms with Crippen molar-refractivity contribution in [2.45, 2.75) is 211 Å². The fourth-order valence-electron chi connectivity index (χ4n) is 10.2. The van der Waals surface area contributed by atoms with Crippen LogP contribution in [-0.4, -0.2) is 79.1 Å². The lowest BCUT2D eigenvalue weighted by atomic mass is 9.50. The van der Waals surface area contributed by atoms with Crippen LogP contribution in [0.25, 0.3) is 0 Å². The van der Waals surface area contributed by atoms with Gasteiger partial charge in [0.15, 0.2) is 16.6 Å². The first kappa shape index (κ1) is 48.8. The van der Waals surface area contributed by atoms with Crippen molar-refractivity contribution < 1.29 is 23.9 Å². The van der Waals surface area contributed by atoms with E-state index in [-0.39, 0.29) is 26.8 Å². The summed E-state index contributed by atoms with van der Waals surface area (Å²) in [5.41, 5.74) is 1.86. The highest BCUT2D eigenvalue weighted by molar-refractivity contribution is 8.00. The average Bonchev–Trinajstić information content (AvgIpc) is 3.36. The third-order valence-electron chi connectivity index (χ3n) is 16.9. The first-order valence-corrected chi connectivity index (χ1v) is 30.5. The number of aliphatic hydroxyl groups is 2. The van der Waals surface area contributed by atoms with E-state index in [0.29, 0.717) is 60.6 Å². The van der Waals surface area contributed by atoms with E-state index in [1.54, 1.807) is 11.1 Å². The quantitative estimate of drug-likeness (QED) is 0.125. The molecule has 0 radical (unpaired) electrons. The molecule has 4 aliphatic carbocycles. The molecular formula is C47H86O5S2Si2. The van der Waals surface area contributed by atoms with E-state index in [4.69, 9.17) is 8.85 Å². The third kappa shape index (κ3) is 10.4. The molecule has 2 N–H and O–H groups in total. The van der Waals surface area contributed by atoms with Gasteiger partial charge in [-0.15, -0.1) is 0 Å². The molecular weight excluding hydrogens is 765 g/mol. The molecule has 9 heteroatoms. The minimum atomic E-state index is -1.87. The Kier molecular flexibility index (Phi) is 15.9. The Morgan fingerprint density at radius 3 is 1.77 bits per heavy atom. The zero-order valence-electron chi connectivity index (χ0n) is 38.8. The molecule has 324 valence electrons. The van der Waals surface area contributed by atoms with Gasteiger partial charge in [0.05, 0.1) is 11.2 Å². The van der Waals surface area contributed by atoms with Gasteiger partial charge >= 0.3 is 0 Å². The maximum atomic E-state index is 13.4. The number of allylic oxidation sites excluding steroid dienone is 4. The Bertz CT molecular complexity index is 1420. The Hall–Kier alpha value is 0.124. The van der Waals surface area contributed by atoms with Crippen LogP contribution in [0.15, 0.2) is 23.3 Å². The predicted octanol–water partition coefficient (Wildman–Crippen LogP) is 12.8. The van der Waals surface area contributed by atoms with Gasteiger partial charge in [-0.3, -0.25) is 4.79 Å². The number of fused-ring (bicyclic) bond motifs is 5. The molecule has 4 rings (SSSR count). The number of hydrogen-bond donors (Lipinski definition) is 2. The van der Waals surface area contributed by atoms with Crippen LogP contribution in [0, 0.1) is 28.6 Å². The zero-order valence-corrected chi connectivity index (χ0v) is 42.4. The van der Waals surface area contributed by atoms with Crippen LogP contribution in [0.4, 0.5) is 0 Å². The minimum absolute atomic E-state index is 0.0432. The summed E-state index contributed by atoms with van der Waals surface area (Å²) in [6.45, 7) is 35.6. The first-order valence-electron chi connectivity index (χ1n) is 22.6. The lowest BCUT2D eigenvalue weighted by Crippen LogP contribution is -2.51. The molecule has 0 saturated heterocycles. The largest absolute Gasteiger partial charge is 0.417 e. The van der Waals surface area contributed by atoms with Crippen molar-refractivity contribution in [3.63, 3.8) is 0 Å². The van der Waals surface area contributed by atoms with Crippen LogP contribution in [0.3, 0.4) is 0 Å². The van der Waals surface area contributed by atoms with Crippen LogP contribution in [-0.2, 0) is 13.6 Å². The van der Waals surface area contributed by atoms with Gasteiger partial charge < -0.3 is 19.1 Å². The van der Waals surface area contributed by atoms with Crippen molar-refractivity contribution in [1.29, 1.82) is 0 Å². The van der Waals surface area contributed by atoms with Crippen LogP contribution >= 0.6 is 23.5 Å². The molecule has 0 aromatic rings. The summed E-state index contributed by atoms with van der Waals surface area (Å²) in [6, 6.07) is 0. The van der Waals surface area contributed by atoms with E-state index >= 15 is 0 Å². The fraction of sp³-hybridized carbons (Fsp3) is 0.894. The summed E-state index contributed by atoms with van der Waals surface area (Å²) in [7, 11) is -3.73. The summed E-state index contributed by atoms with van der Waals surface area (Å²) >= 11 is 4.19. The topological polar surface area (TPSA) is 76.0 Å². The third-order valence-corrected chi connectivity index (χ3v) is 28.7. The van der Waals surface area contributed by atoms with E-state index in [2.05, 4.69) is 138 Å². The zero-order chi connectivity index (χ0) is 42.2. The van der Waals surface area contributed by atoms with Crippen molar-refractivity contribution >= 4 is 45.9 Å². The Labute approximate surface area is 355 Å². The molecule has 0 amide bonds. The molecule has 3 saturated carbocycles. The molecule has 4 unspecified atom stereocenters. The Morgan fingerprint density at radius 2 is 1.29 bits per heavy atom. The van der Waals surface area contributed by atoms with Crippen molar-refractivity contribution in [3.05, 3.63) is 23.3 Å². The van der Waals surface area contributed by atoms with Gasteiger partial charge in [0.1, 0.15) is 5.78 Å². The van der Waals surface area contributed by atoms with Crippen molar-refractivity contribution in [1.82, 2.24) is 0 Å². The summed E-state index contributed by atoms with van der Waals surface area (Å²) in [5.74, 6) is 3.40. The molecule has 0 spiro atoms. The summed E-state index contributed by atoms with van der Waals surface area (Å²) in [4.78, 5) is 13.4. The molecule has 0 bridgehead atoms. The van der Waals surface area contributed by atoms with E-state index in [9.17, 15) is 15.0 Å². The number of ketones is 1. The maximum Gasteiger partial charge on any atom is 0.191 e. The monoisotopic (exact) mass is 851 g/mol. The van der Waals surface area contributed by atoms with E-state index in [1.807, 2.05) is 0 Å². The number of thioether (sulfide) groups is 2. The van der Waals surface area contributed by atoms with Gasteiger partial charge in [0.2, 0.25) is 0 Å². The minimum Gasteiger partial charge on any atom is -0.417 e. The molecule has 0 aromatic heterocycles. The second kappa shape index (κ2) is 18.2. The van der Waals surface area contributed by atoms with E-state index in [0.717, 1.165) is 69.3 Å². The second-order valence-corrected chi connectivity index (χ2v) is 34.4. The van der Waals surface area contributed by atoms with Crippen molar-refractivity contribution in [3.8, 4) is 0 Å². The van der Waals surface area contributed by atoms with E-state index < -0.39 is 27.8 Å². The summed E-state index contributed by atoms with van der Waals surface area (Å²) < 4.78 is 13.0. The van der Waals surface area contributed by atoms with Gasteiger partial charge in [-0.1, -0.05) is 99.5 Å². The number of hydrogen-bond acceptors (Lipinski definition) is 7. The van der Waals surface area contributed by atoms with Crippen LogP contribution in [0.1, 0.15) is 153 Å². The summed E-state index contributed by atoms with van der Waals surface area (Å²) in [6.07, 6.45) is 15.6. The highest BCUT2D eigenvalue weighted by atomic mass is 32.2. The number of carbonyl (C=O) groups is 1. The van der Waals surface area contributed by atoms with Gasteiger partial charge in [0, 0.05) is 41.5 Å². The molecule has 5 nitrogen and oxygen atoms in total. The van der Waals surface area contributed by atoms with Crippen molar-refractivity contribution in [2.75, 3.05) is 24.7 Å². The molecule has 9 atom stereocenters. The van der Waals surface area contributed by atoms with Gasteiger partial charge in [0.25, 0.3) is 0 Å². The summed E-state index contributed by atoms with van der Waals surface area (Å²) in [5, 5.41) is 24.9. The standard InChI is InChI=1S/C47H86O5S2Si2/c1-16-37-40(48)33-39-36-20-19-34-31-35(53-29-25-46(49,17-2)23-27-51-55(12,13)42(4,5)6)32-41(45(34,11)38(36)21-22-44(37,39)10)54-30-26-47(50,18-3)24-28-52-56(14,15)43(7,8)9/h19-20,35,37-39,41,49-50H,16-18,21-33H2,1-15H3/t35?,37-,38-,39-,41?,44+,45-,46?,47?/m0/s1. The number of Topliss-reactive ketones (excluding diaryl/α,β-unsaturated/α-hetero) is 1. The highest BCUT2D eigenvalue weighted by Crippen LogP contribution is 2.66. The smallest absolute Gasteiger partial charge is 0.191 e. The van der Waals surface area contributed by atoms with Gasteiger partial charge in [-0.25, -0.2) is 0 Å². The SMILES string of the molecule is CC[C@H]1C(=O)C[C@H]2C3=CC=C4CC(SCCC(O)(CC)CCO[Si](C)(C)C(C)(C)C)CC(SCCC(O)(CC)CCO[Si](C)(C)C(C)(C)C)[C@]4(C)[C@H]3CC[C@]12C. The average molecular weight is 852 g/mol. The number of carbonyl (C=O) groups excluding carboxylic acids is 1. The van der Waals surface area contributed by atoms with Crippen LogP contribution in [0.5, 0.6) is 0 Å². The normalized spacial score (nSPS) is 32.2. The van der Waals surface area contributed by atoms with E-state index in [1.165, 1.54) is 0 Å². The molecule has 0 aromatic carbocycles. The predicted molar refractivity (Wildman–Crippen MR) is 249 cm³/mol. The van der Waals surface area contributed by atoms with Gasteiger partial charge in [-0.05, 0) is 136 Å². The lowest BCUT2D eigenvalue weighted by molar-refractivity contribution is -0.122. The number of rotatable bonds is 19. The fourth-order valence-corrected chi connectivity index (χ4v) is 15.6. The van der Waals surface area contributed by atoms with Gasteiger partial charge in [-0.2, -0.15) is 23.5 Å². The van der Waals surface area contributed by atoms with Crippen molar-refractivity contribution in [2.24, 2.45) is 28.6 Å². The Morgan fingerprint density at radius 1 is 0.768 bits per heavy atom. The Balaban J connectivity index is 1.50. The maximum absolute atomic E-state index is 13.4.